The van der Waals surface area contributed by atoms with Crippen molar-refractivity contribution in [3.63, 3.8) is 0 Å². The minimum atomic E-state index is 0.715. The molecule has 1 nitrogen and oxygen atoms in total. The fourth-order valence-electron chi connectivity index (χ4n) is 6.00. The highest BCUT2D eigenvalue weighted by atomic mass is 16.5. The molecule has 0 heterocycles. The molecule has 172 valence electrons. The van der Waals surface area contributed by atoms with Gasteiger partial charge >= 0.3 is 0 Å². The van der Waals surface area contributed by atoms with Crippen molar-refractivity contribution in [3.05, 3.63) is 60.7 Å². The summed E-state index contributed by atoms with van der Waals surface area (Å²) in [6.45, 7) is 9.14. The van der Waals surface area contributed by atoms with Crippen molar-refractivity contribution in [2.75, 3.05) is 6.61 Å². The van der Waals surface area contributed by atoms with Gasteiger partial charge in [-0.25, -0.2) is 0 Å². The maximum Gasteiger partial charge on any atom is 0.0717 e. The smallest absolute Gasteiger partial charge is 0.0717 e. The second kappa shape index (κ2) is 13.9. The Kier molecular flexibility index (Phi) is 10.9. The highest BCUT2D eigenvalue weighted by Crippen LogP contribution is 2.42. The van der Waals surface area contributed by atoms with Crippen molar-refractivity contribution < 1.29 is 4.74 Å². The van der Waals surface area contributed by atoms with Gasteiger partial charge in [0.15, 0.2) is 0 Å². The van der Waals surface area contributed by atoms with Crippen LogP contribution < -0.4 is 0 Å². The molecule has 0 spiro atoms. The molecule has 0 amide bonds. The van der Waals surface area contributed by atoms with E-state index in [1.807, 2.05) is 6.08 Å². The molecule has 0 aromatic heterocycles. The topological polar surface area (TPSA) is 9.23 Å². The Morgan fingerprint density at radius 3 is 1.97 bits per heavy atom. The highest BCUT2D eigenvalue weighted by molar-refractivity contribution is 5.22. The van der Waals surface area contributed by atoms with Crippen molar-refractivity contribution in [2.24, 2.45) is 23.7 Å². The Hall–Kier alpha value is -1.34. The molecule has 0 bridgehead atoms. The first-order valence-electron chi connectivity index (χ1n) is 13.2. The number of hydrogen-bond donors (Lipinski definition) is 0. The minimum Gasteiger partial charge on any atom is -0.376 e. The van der Waals surface area contributed by atoms with Crippen molar-refractivity contribution in [3.8, 4) is 0 Å². The molecular formula is C30H46O. The van der Waals surface area contributed by atoms with Crippen LogP contribution in [-0.2, 0) is 17.8 Å². The molecule has 0 radical (unpaired) electrons. The molecule has 31 heavy (non-hydrogen) atoms. The molecule has 1 heteroatoms. The second-order valence-electron chi connectivity index (χ2n) is 10.3. The molecular weight excluding hydrogens is 376 g/mol. The summed E-state index contributed by atoms with van der Waals surface area (Å²) in [5.41, 5.74) is 2.75. The molecule has 1 aromatic rings. The van der Waals surface area contributed by atoms with Crippen LogP contribution in [-0.4, -0.2) is 6.61 Å². The fraction of sp³-hybridized carbons (Fsp3) is 0.667. The lowest BCUT2D eigenvalue weighted by Crippen LogP contribution is -2.25. The van der Waals surface area contributed by atoms with Crippen molar-refractivity contribution in [1.82, 2.24) is 0 Å². The summed E-state index contributed by atoms with van der Waals surface area (Å²) >= 11 is 0. The molecule has 0 atom stereocenters. The standard InChI is InChI=1S/C30H46O/c1-3-5-23-31-24-28-13-11-26(12-14-28)9-6-7-10-27-17-21-30(22-18-27)29-19-15-25(8-4-2)16-20-29/h3-4,11-14,25,27,29-30H,1-2,5-10,15-24H2/t25-,27-,29-,30-. The first-order valence-corrected chi connectivity index (χ1v) is 13.2. The van der Waals surface area contributed by atoms with E-state index in [2.05, 4.69) is 43.5 Å². The lowest BCUT2D eigenvalue weighted by molar-refractivity contribution is 0.125. The zero-order chi connectivity index (χ0) is 21.7. The van der Waals surface area contributed by atoms with E-state index in [0.717, 1.165) is 36.7 Å². The van der Waals surface area contributed by atoms with E-state index in [0.29, 0.717) is 6.61 Å². The average Bonchev–Trinajstić information content (AvgIpc) is 2.82. The van der Waals surface area contributed by atoms with Crippen LogP contribution in [0.15, 0.2) is 49.6 Å². The Labute approximate surface area is 192 Å². The number of hydrogen-bond acceptors (Lipinski definition) is 1. The van der Waals surface area contributed by atoms with Gasteiger partial charge in [-0.3, -0.25) is 0 Å². The molecule has 2 aliphatic carbocycles. The van der Waals surface area contributed by atoms with Gasteiger partial charge in [0.05, 0.1) is 13.2 Å². The van der Waals surface area contributed by atoms with Crippen LogP contribution in [0.25, 0.3) is 0 Å². The molecule has 3 rings (SSSR count). The predicted molar refractivity (Wildman–Crippen MR) is 134 cm³/mol. The van der Waals surface area contributed by atoms with Crippen molar-refractivity contribution in [2.45, 2.75) is 96.5 Å². The summed E-state index contributed by atoms with van der Waals surface area (Å²) in [5, 5.41) is 0. The maximum atomic E-state index is 5.65. The number of rotatable bonds is 13. The quantitative estimate of drug-likeness (QED) is 0.228. The van der Waals surface area contributed by atoms with Crippen LogP contribution in [0.1, 0.15) is 94.6 Å². The summed E-state index contributed by atoms with van der Waals surface area (Å²) in [5.74, 6) is 4.03. The zero-order valence-corrected chi connectivity index (χ0v) is 19.9. The summed E-state index contributed by atoms with van der Waals surface area (Å²) < 4.78 is 5.65. The number of allylic oxidation sites excluding steroid dienone is 1. The Bertz CT molecular complexity index is 614. The van der Waals surface area contributed by atoms with Gasteiger partial charge in [-0.15, -0.1) is 13.2 Å². The van der Waals surface area contributed by atoms with Gasteiger partial charge in [0.1, 0.15) is 0 Å². The van der Waals surface area contributed by atoms with Gasteiger partial charge < -0.3 is 4.74 Å². The van der Waals surface area contributed by atoms with E-state index in [4.69, 9.17) is 4.74 Å². The number of ether oxygens (including phenoxy) is 1. The first kappa shape index (κ1) is 24.3. The van der Waals surface area contributed by atoms with Crippen LogP contribution in [0, 0.1) is 23.7 Å². The summed E-state index contributed by atoms with van der Waals surface area (Å²) in [4.78, 5) is 0. The second-order valence-corrected chi connectivity index (χ2v) is 10.3. The van der Waals surface area contributed by atoms with Crippen molar-refractivity contribution in [1.29, 1.82) is 0 Å². The van der Waals surface area contributed by atoms with E-state index in [9.17, 15) is 0 Å². The van der Waals surface area contributed by atoms with Gasteiger partial charge in [-0.2, -0.15) is 0 Å². The molecule has 2 saturated carbocycles. The third-order valence-electron chi connectivity index (χ3n) is 8.04. The molecule has 2 fully saturated rings. The van der Waals surface area contributed by atoms with Crippen LogP contribution in [0.3, 0.4) is 0 Å². The molecule has 0 unspecified atom stereocenters. The molecule has 1 aromatic carbocycles. The third-order valence-corrected chi connectivity index (χ3v) is 8.04. The molecule has 0 saturated heterocycles. The van der Waals surface area contributed by atoms with Crippen LogP contribution in [0.5, 0.6) is 0 Å². The third kappa shape index (κ3) is 8.60. The molecule has 0 N–H and O–H groups in total. The predicted octanol–water partition coefficient (Wildman–Crippen LogP) is 8.68. The summed E-state index contributed by atoms with van der Waals surface area (Å²) in [6, 6.07) is 9.05. The highest BCUT2D eigenvalue weighted by Gasteiger charge is 2.30. The van der Waals surface area contributed by atoms with Crippen LogP contribution >= 0.6 is 0 Å². The van der Waals surface area contributed by atoms with Gasteiger partial charge in [-0.05, 0) is 99.0 Å². The Morgan fingerprint density at radius 2 is 1.35 bits per heavy atom. The van der Waals surface area contributed by atoms with Crippen molar-refractivity contribution >= 4 is 0 Å². The van der Waals surface area contributed by atoms with Crippen LogP contribution in [0.2, 0.25) is 0 Å². The van der Waals surface area contributed by atoms with E-state index >= 15 is 0 Å². The Morgan fingerprint density at radius 1 is 0.742 bits per heavy atom. The average molecular weight is 423 g/mol. The molecule has 2 aliphatic rings. The van der Waals surface area contributed by atoms with Crippen LogP contribution in [0.4, 0.5) is 0 Å². The fourth-order valence-corrected chi connectivity index (χ4v) is 6.00. The van der Waals surface area contributed by atoms with Gasteiger partial charge in [0, 0.05) is 0 Å². The monoisotopic (exact) mass is 422 g/mol. The number of unbranched alkanes of at least 4 members (excludes halogenated alkanes) is 1. The van der Waals surface area contributed by atoms with Gasteiger partial charge in [0.2, 0.25) is 0 Å². The van der Waals surface area contributed by atoms with E-state index < -0.39 is 0 Å². The summed E-state index contributed by atoms with van der Waals surface area (Å²) in [6.07, 6.45) is 23.5. The molecule has 0 aliphatic heterocycles. The normalized spacial score (nSPS) is 26.5. The minimum absolute atomic E-state index is 0.715. The largest absolute Gasteiger partial charge is 0.376 e. The summed E-state index contributed by atoms with van der Waals surface area (Å²) in [7, 11) is 0. The number of benzene rings is 1. The van der Waals surface area contributed by atoms with E-state index in [-0.39, 0.29) is 0 Å². The SMILES string of the molecule is C=CCCOCc1ccc(CCCC[C@H]2CC[C@H]([C@H]3CC[C@H](CC=C)CC3)CC2)cc1. The van der Waals surface area contributed by atoms with Gasteiger partial charge in [0.25, 0.3) is 0 Å². The Balaban J connectivity index is 1.24. The van der Waals surface area contributed by atoms with E-state index in [1.54, 1.807) is 0 Å². The lowest BCUT2D eigenvalue weighted by Gasteiger charge is -2.37. The first-order chi connectivity index (χ1) is 15.3. The maximum absolute atomic E-state index is 5.65. The zero-order valence-electron chi connectivity index (χ0n) is 19.9. The van der Waals surface area contributed by atoms with Gasteiger partial charge in [-0.1, -0.05) is 62.1 Å². The van der Waals surface area contributed by atoms with E-state index in [1.165, 1.54) is 94.6 Å². The number of aryl methyl sites for hydroxylation is 1. The lowest BCUT2D eigenvalue weighted by atomic mass is 9.68.